The van der Waals surface area contributed by atoms with Crippen molar-refractivity contribution in [1.82, 2.24) is 10.3 Å². The van der Waals surface area contributed by atoms with Gasteiger partial charge in [0.05, 0.1) is 5.69 Å². The molecule has 11 heavy (non-hydrogen) atoms. The number of nitrogens with two attached hydrogens (primary N) is 1. The third kappa shape index (κ3) is 1.13. The van der Waals surface area contributed by atoms with Crippen molar-refractivity contribution < 1.29 is 0 Å². The second-order valence-corrected chi connectivity index (χ2v) is 2.78. The summed E-state index contributed by atoms with van der Waals surface area (Å²) in [7, 11) is 0. The number of pyridine rings is 1. The van der Waals surface area contributed by atoms with Gasteiger partial charge in [0.15, 0.2) is 0 Å². The number of nitrogens with zero attached hydrogens (tertiary/aromatic N) is 1. The SMILES string of the molecule is NC1CNCc2ncccc21. The first kappa shape index (κ1) is 6.76. The van der Waals surface area contributed by atoms with E-state index < -0.39 is 0 Å². The van der Waals surface area contributed by atoms with E-state index in [0.717, 1.165) is 18.8 Å². The Hall–Kier alpha value is -0.930. The lowest BCUT2D eigenvalue weighted by Crippen LogP contribution is -2.33. The van der Waals surface area contributed by atoms with Crippen molar-refractivity contribution in [3.8, 4) is 0 Å². The Balaban J connectivity index is 2.44. The molecule has 0 spiro atoms. The maximum atomic E-state index is 5.84. The third-order valence-electron chi connectivity index (χ3n) is 1.98. The molecule has 0 saturated carbocycles. The zero-order chi connectivity index (χ0) is 7.68. The monoisotopic (exact) mass is 149 g/mol. The first-order chi connectivity index (χ1) is 5.38. The van der Waals surface area contributed by atoms with Crippen molar-refractivity contribution in [3.63, 3.8) is 0 Å². The maximum absolute atomic E-state index is 5.84. The molecule has 0 fully saturated rings. The van der Waals surface area contributed by atoms with Crippen molar-refractivity contribution in [2.45, 2.75) is 12.6 Å². The fourth-order valence-electron chi connectivity index (χ4n) is 1.39. The average Bonchev–Trinajstić information content (AvgIpc) is 2.06. The van der Waals surface area contributed by atoms with Gasteiger partial charge < -0.3 is 11.1 Å². The first-order valence-corrected chi connectivity index (χ1v) is 3.78. The van der Waals surface area contributed by atoms with E-state index in [1.165, 1.54) is 5.56 Å². The lowest BCUT2D eigenvalue weighted by molar-refractivity contribution is 0.544. The molecule has 1 aliphatic rings. The van der Waals surface area contributed by atoms with E-state index in [1.54, 1.807) is 6.20 Å². The van der Waals surface area contributed by atoms with Gasteiger partial charge in [-0.15, -0.1) is 0 Å². The third-order valence-corrected chi connectivity index (χ3v) is 1.98. The van der Waals surface area contributed by atoms with Crippen LogP contribution in [0.4, 0.5) is 0 Å². The van der Waals surface area contributed by atoms with E-state index in [-0.39, 0.29) is 6.04 Å². The second kappa shape index (κ2) is 2.60. The summed E-state index contributed by atoms with van der Waals surface area (Å²) in [5.74, 6) is 0. The van der Waals surface area contributed by atoms with Gasteiger partial charge in [-0.05, 0) is 11.6 Å². The van der Waals surface area contributed by atoms with Crippen molar-refractivity contribution in [3.05, 3.63) is 29.6 Å². The van der Waals surface area contributed by atoms with Crippen molar-refractivity contribution in [1.29, 1.82) is 0 Å². The largest absolute Gasteiger partial charge is 0.323 e. The van der Waals surface area contributed by atoms with Crippen LogP contribution < -0.4 is 11.1 Å². The quantitative estimate of drug-likeness (QED) is 0.553. The molecule has 0 bridgehead atoms. The molecule has 58 valence electrons. The topological polar surface area (TPSA) is 50.9 Å². The van der Waals surface area contributed by atoms with Crippen molar-refractivity contribution in [2.75, 3.05) is 6.54 Å². The van der Waals surface area contributed by atoms with E-state index >= 15 is 0 Å². The predicted molar refractivity (Wildman–Crippen MR) is 42.9 cm³/mol. The molecular weight excluding hydrogens is 138 g/mol. The van der Waals surface area contributed by atoms with Gasteiger partial charge in [0.25, 0.3) is 0 Å². The predicted octanol–water partition coefficient (Wildman–Crippen LogP) is 0.185. The van der Waals surface area contributed by atoms with Crippen LogP contribution in [0.2, 0.25) is 0 Å². The molecule has 2 heterocycles. The summed E-state index contributed by atoms with van der Waals surface area (Å²) < 4.78 is 0. The highest BCUT2D eigenvalue weighted by Crippen LogP contribution is 2.16. The lowest BCUT2D eigenvalue weighted by Gasteiger charge is -2.21. The zero-order valence-electron chi connectivity index (χ0n) is 6.25. The number of hydrogen-bond acceptors (Lipinski definition) is 3. The molecule has 0 radical (unpaired) electrons. The summed E-state index contributed by atoms with van der Waals surface area (Å²) >= 11 is 0. The highest BCUT2D eigenvalue weighted by Gasteiger charge is 2.15. The average molecular weight is 149 g/mol. The summed E-state index contributed by atoms with van der Waals surface area (Å²) in [4.78, 5) is 4.23. The van der Waals surface area contributed by atoms with Crippen molar-refractivity contribution in [2.24, 2.45) is 5.73 Å². The molecule has 1 aromatic heterocycles. The van der Waals surface area contributed by atoms with E-state index in [0.29, 0.717) is 0 Å². The molecular formula is C8H11N3. The minimum atomic E-state index is 0.118. The van der Waals surface area contributed by atoms with Crippen LogP contribution in [0.15, 0.2) is 18.3 Å². The fourth-order valence-corrected chi connectivity index (χ4v) is 1.39. The summed E-state index contributed by atoms with van der Waals surface area (Å²) in [6, 6.07) is 4.10. The van der Waals surface area contributed by atoms with Gasteiger partial charge >= 0.3 is 0 Å². The Morgan fingerprint density at radius 3 is 3.36 bits per heavy atom. The van der Waals surface area contributed by atoms with E-state index in [4.69, 9.17) is 5.73 Å². The number of hydrogen-bond donors (Lipinski definition) is 2. The van der Waals surface area contributed by atoms with Crippen LogP contribution >= 0.6 is 0 Å². The van der Waals surface area contributed by atoms with Gasteiger partial charge in [-0.1, -0.05) is 6.07 Å². The van der Waals surface area contributed by atoms with Gasteiger partial charge in [0.2, 0.25) is 0 Å². The van der Waals surface area contributed by atoms with Crippen LogP contribution in [0, 0.1) is 0 Å². The summed E-state index contributed by atoms with van der Waals surface area (Å²) in [6.45, 7) is 1.71. The standard InChI is InChI=1S/C8H11N3/c9-7-4-10-5-8-6(7)2-1-3-11-8/h1-3,7,10H,4-5,9H2. The zero-order valence-corrected chi connectivity index (χ0v) is 6.25. The molecule has 1 atom stereocenters. The molecule has 0 aromatic carbocycles. The molecule has 0 amide bonds. The number of rotatable bonds is 0. The normalized spacial score (nSPS) is 22.8. The van der Waals surface area contributed by atoms with Crippen LogP contribution in [0.5, 0.6) is 0 Å². The Bertz CT molecular complexity index is 259. The Morgan fingerprint density at radius 2 is 2.55 bits per heavy atom. The van der Waals surface area contributed by atoms with Gasteiger partial charge in [0.1, 0.15) is 0 Å². The fraction of sp³-hybridized carbons (Fsp3) is 0.375. The molecule has 2 rings (SSSR count). The molecule has 0 saturated heterocycles. The van der Waals surface area contributed by atoms with Crippen LogP contribution in [0.3, 0.4) is 0 Å². The summed E-state index contributed by atoms with van der Waals surface area (Å²) in [5, 5.41) is 3.20. The maximum Gasteiger partial charge on any atom is 0.0589 e. The van der Waals surface area contributed by atoms with Crippen LogP contribution in [0.25, 0.3) is 0 Å². The van der Waals surface area contributed by atoms with Gasteiger partial charge in [-0.3, -0.25) is 4.98 Å². The molecule has 1 unspecified atom stereocenters. The Labute approximate surface area is 65.6 Å². The van der Waals surface area contributed by atoms with Crippen LogP contribution in [-0.2, 0) is 6.54 Å². The Kier molecular flexibility index (Phi) is 1.60. The minimum Gasteiger partial charge on any atom is -0.323 e. The smallest absolute Gasteiger partial charge is 0.0589 e. The van der Waals surface area contributed by atoms with E-state index in [9.17, 15) is 0 Å². The molecule has 1 aromatic rings. The van der Waals surface area contributed by atoms with Crippen LogP contribution in [-0.4, -0.2) is 11.5 Å². The van der Waals surface area contributed by atoms with Gasteiger partial charge in [0, 0.05) is 25.3 Å². The number of fused-ring (bicyclic) bond motifs is 1. The Morgan fingerprint density at radius 1 is 1.64 bits per heavy atom. The number of aromatic nitrogens is 1. The molecule has 0 aliphatic carbocycles. The molecule has 1 aliphatic heterocycles. The highest BCUT2D eigenvalue weighted by molar-refractivity contribution is 5.25. The second-order valence-electron chi connectivity index (χ2n) is 2.78. The summed E-state index contributed by atoms with van der Waals surface area (Å²) in [5.41, 5.74) is 8.12. The van der Waals surface area contributed by atoms with Crippen molar-refractivity contribution >= 4 is 0 Å². The lowest BCUT2D eigenvalue weighted by atomic mass is 10.0. The number of nitrogens with one attached hydrogen (secondary N) is 1. The molecule has 3 N–H and O–H groups in total. The first-order valence-electron chi connectivity index (χ1n) is 3.78. The van der Waals surface area contributed by atoms with Gasteiger partial charge in [-0.2, -0.15) is 0 Å². The van der Waals surface area contributed by atoms with Gasteiger partial charge in [-0.25, -0.2) is 0 Å². The van der Waals surface area contributed by atoms with E-state index in [2.05, 4.69) is 10.3 Å². The summed E-state index contributed by atoms with van der Waals surface area (Å²) in [6.07, 6.45) is 1.80. The van der Waals surface area contributed by atoms with Crippen LogP contribution in [0.1, 0.15) is 17.3 Å². The molecule has 3 heteroatoms. The molecule has 3 nitrogen and oxygen atoms in total. The van der Waals surface area contributed by atoms with E-state index in [1.807, 2.05) is 12.1 Å². The minimum absolute atomic E-state index is 0.118. The highest BCUT2D eigenvalue weighted by atomic mass is 14.9.